The highest BCUT2D eigenvalue weighted by atomic mass is 16.3. The van der Waals surface area contributed by atoms with Gasteiger partial charge in [0.2, 0.25) is 5.95 Å². The van der Waals surface area contributed by atoms with Crippen molar-refractivity contribution in [2.75, 3.05) is 18.0 Å². The quantitative estimate of drug-likeness (QED) is 0.752. The first-order valence-corrected chi connectivity index (χ1v) is 8.14. The first kappa shape index (κ1) is 15.4. The summed E-state index contributed by atoms with van der Waals surface area (Å²) in [5, 5.41) is 2.99. The number of rotatable bonds is 4. The number of carbonyl (C=O) groups is 1. The van der Waals surface area contributed by atoms with Gasteiger partial charge in [-0.15, -0.1) is 0 Å². The second kappa shape index (κ2) is 6.39. The van der Waals surface area contributed by atoms with Crippen molar-refractivity contribution in [2.24, 2.45) is 0 Å². The number of aryl methyl sites for hydroxylation is 1. The summed E-state index contributed by atoms with van der Waals surface area (Å²) in [7, 11) is 0. The van der Waals surface area contributed by atoms with Crippen LogP contribution in [-0.2, 0) is 0 Å². The predicted octanol–water partition coefficient (Wildman–Crippen LogP) is 1.78. The first-order chi connectivity index (χ1) is 12.2. The highest BCUT2D eigenvalue weighted by molar-refractivity contribution is 5.92. The van der Waals surface area contributed by atoms with Crippen LogP contribution in [-0.4, -0.2) is 45.0 Å². The summed E-state index contributed by atoms with van der Waals surface area (Å²) in [6.07, 6.45) is 5.83. The van der Waals surface area contributed by atoms with E-state index in [4.69, 9.17) is 4.42 Å². The lowest BCUT2D eigenvalue weighted by atomic mass is 10.2. The summed E-state index contributed by atoms with van der Waals surface area (Å²) in [5.74, 6) is 0.929. The van der Waals surface area contributed by atoms with Crippen molar-refractivity contribution in [3.63, 3.8) is 0 Å². The Balaban J connectivity index is 1.42. The molecule has 0 bridgehead atoms. The molecule has 4 heterocycles. The van der Waals surface area contributed by atoms with E-state index in [1.165, 1.54) is 6.26 Å². The lowest BCUT2D eigenvalue weighted by molar-refractivity contribution is 0.0935. The second-order valence-electron chi connectivity index (χ2n) is 5.98. The topological polar surface area (TPSA) is 99.9 Å². The third kappa shape index (κ3) is 3.23. The Labute approximate surface area is 144 Å². The zero-order chi connectivity index (χ0) is 17.2. The molecule has 0 aromatic carbocycles. The summed E-state index contributed by atoms with van der Waals surface area (Å²) < 4.78 is 5.08. The van der Waals surface area contributed by atoms with E-state index >= 15 is 0 Å². The van der Waals surface area contributed by atoms with Gasteiger partial charge in [-0.3, -0.25) is 4.79 Å². The van der Waals surface area contributed by atoms with E-state index in [2.05, 4.69) is 30.2 Å². The monoisotopic (exact) mass is 338 g/mol. The molecule has 1 fully saturated rings. The number of amides is 1. The Bertz CT molecular complexity index is 873. The van der Waals surface area contributed by atoms with E-state index in [1.807, 2.05) is 24.4 Å². The molecule has 0 aliphatic carbocycles. The largest absolute Gasteiger partial charge is 0.448 e. The molecule has 0 spiro atoms. The van der Waals surface area contributed by atoms with Gasteiger partial charge in [0.05, 0.1) is 11.4 Å². The third-order valence-electron chi connectivity index (χ3n) is 4.17. The summed E-state index contributed by atoms with van der Waals surface area (Å²) in [6.45, 7) is 3.16. The number of nitrogens with one attached hydrogen (secondary N) is 2. The Morgan fingerprint density at radius 3 is 3.08 bits per heavy atom. The van der Waals surface area contributed by atoms with Gasteiger partial charge in [-0.1, -0.05) is 0 Å². The van der Waals surface area contributed by atoms with Crippen molar-refractivity contribution in [1.82, 2.24) is 25.3 Å². The Kier molecular flexibility index (Phi) is 3.93. The number of H-pyrrole nitrogens is 1. The van der Waals surface area contributed by atoms with Crippen LogP contribution in [0.3, 0.4) is 0 Å². The molecule has 1 unspecified atom stereocenters. The zero-order valence-corrected chi connectivity index (χ0v) is 13.8. The maximum atomic E-state index is 12.2. The molecule has 8 heteroatoms. The van der Waals surface area contributed by atoms with Gasteiger partial charge in [0.15, 0.2) is 11.6 Å². The molecule has 25 heavy (non-hydrogen) atoms. The van der Waals surface area contributed by atoms with Crippen LogP contribution < -0.4 is 10.2 Å². The Morgan fingerprint density at radius 1 is 1.40 bits per heavy atom. The van der Waals surface area contributed by atoms with Crippen molar-refractivity contribution in [1.29, 1.82) is 0 Å². The fraction of sp³-hybridized carbons (Fsp3) is 0.294. The third-order valence-corrected chi connectivity index (χ3v) is 4.17. The van der Waals surface area contributed by atoms with Gasteiger partial charge < -0.3 is 19.6 Å². The maximum Gasteiger partial charge on any atom is 0.273 e. The van der Waals surface area contributed by atoms with Gasteiger partial charge in [0, 0.05) is 38.4 Å². The zero-order valence-electron chi connectivity index (χ0n) is 13.8. The van der Waals surface area contributed by atoms with Gasteiger partial charge >= 0.3 is 0 Å². The van der Waals surface area contributed by atoms with E-state index < -0.39 is 0 Å². The molecule has 128 valence electrons. The van der Waals surface area contributed by atoms with E-state index in [0.29, 0.717) is 24.1 Å². The molecule has 3 aromatic rings. The minimum atomic E-state index is -0.218. The minimum Gasteiger partial charge on any atom is -0.448 e. The molecule has 1 aliphatic heterocycles. The van der Waals surface area contributed by atoms with Crippen LogP contribution >= 0.6 is 0 Å². The molecule has 0 radical (unpaired) electrons. The van der Waals surface area contributed by atoms with Gasteiger partial charge in [-0.25, -0.2) is 15.0 Å². The van der Waals surface area contributed by atoms with E-state index in [1.54, 1.807) is 13.1 Å². The molecule has 0 saturated carbocycles. The SMILES string of the molecule is Cc1nc(C(=O)NC2CCN(c3nccc(-c4ccc[nH]4)n3)C2)co1. The van der Waals surface area contributed by atoms with Crippen molar-refractivity contribution < 1.29 is 9.21 Å². The molecular formula is C17H18N6O2. The summed E-state index contributed by atoms with van der Waals surface area (Å²) in [6, 6.07) is 5.81. The Morgan fingerprint density at radius 2 is 2.32 bits per heavy atom. The molecule has 1 aliphatic rings. The molecule has 1 saturated heterocycles. The number of aromatic nitrogens is 4. The fourth-order valence-corrected chi connectivity index (χ4v) is 2.93. The second-order valence-corrected chi connectivity index (χ2v) is 5.98. The van der Waals surface area contributed by atoms with Crippen LogP contribution in [0.15, 0.2) is 41.3 Å². The van der Waals surface area contributed by atoms with Crippen LogP contribution in [0.5, 0.6) is 0 Å². The van der Waals surface area contributed by atoms with E-state index in [-0.39, 0.29) is 11.9 Å². The summed E-state index contributed by atoms with van der Waals surface area (Å²) in [5.41, 5.74) is 2.11. The number of nitrogens with zero attached hydrogens (tertiary/aromatic N) is 4. The molecule has 3 aromatic heterocycles. The standard InChI is InChI=1S/C17H18N6O2/c1-11-20-15(10-25-11)16(24)21-12-5-8-23(9-12)17-19-7-4-14(22-17)13-3-2-6-18-13/h2-4,6-7,10,12,18H,5,8-9H2,1H3,(H,21,24). The number of carbonyl (C=O) groups excluding carboxylic acids is 1. The van der Waals surface area contributed by atoms with Crippen molar-refractivity contribution in [2.45, 2.75) is 19.4 Å². The molecular weight excluding hydrogens is 320 g/mol. The van der Waals surface area contributed by atoms with E-state index in [0.717, 1.165) is 24.4 Å². The van der Waals surface area contributed by atoms with Crippen molar-refractivity contribution >= 4 is 11.9 Å². The highest BCUT2D eigenvalue weighted by Crippen LogP contribution is 2.20. The van der Waals surface area contributed by atoms with Gasteiger partial charge in [0.1, 0.15) is 6.26 Å². The molecule has 8 nitrogen and oxygen atoms in total. The van der Waals surface area contributed by atoms with Crippen LogP contribution in [0.1, 0.15) is 22.8 Å². The lowest BCUT2D eigenvalue weighted by Crippen LogP contribution is -2.37. The first-order valence-electron chi connectivity index (χ1n) is 8.14. The number of aromatic amines is 1. The van der Waals surface area contributed by atoms with E-state index in [9.17, 15) is 4.79 Å². The average Bonchev–Trinajstić information content (AvgIpc) is 3.36. The molecule has 1 atom stereocenters. The molecule has 4 rings (SSSR count). The fourth-order valence-electron chi connectivity index (χ4n) is 2.93. The van der Waals surface area contributed by atoms with Crippen LogP contribution in [0, 0.1) is 6.92 Å². The number of hydrogen-bond acceptors (Lipinski definition) is 6. The lowest BCUT2D eigenvalue weighted by Gasteiger charge is -2.17. The number of oxazole rings is 1. The molecule has 1 amide bonds. The minimum absolute atomic E-state index is 0.0299. The van der Waals surface area contributed by atoms with Crippen LogP contribution in [0.4, 0.5) is 5.95 Å². The van der Waals surface area contributed by atoms with Gasteiger partial charge in [-0.05, 0) is 24.6 Å². The summed E-state index contributed by atoms with van der Waals surface area (Å²) >= 11 is 0. The van der Waals surface area contributed by atoms with Crippen LogP contribution in [0.25, 0.3) is 11.4 Å². The predicted molar refractivity (Wildman–Crippen MR) is 91.1 cm³/mol. The molecule has 2 N–H and O–H groups in total. The van der Waals surface area contributed by atoms with Crippen molar-refractivity contribution in [3.05, 3.63) is 48.4 Å². The van der Waals surface area contributed by atoms with Crippen LogP contribution in [0.2, 0.25) is 0 Å². The van der Waals surface area contributed by atoms with Gasteiger partial charge in [0.25, 0.3) is 5.91 Å². The van der Waals surface area contributed by atoms with Crippen molar-refractivity contribution in [3.8, 4) is 11.4 Å². The average molecular weight is 338 g/mol. The van der Waals surface area contributed by atoms with Gasteiger partial charge in [-0.2, -0.15) is 0 Å². The normalized spacial score (nSPS) is 17.0. The smallest absolute Gasteiger partial charge is 0.273 e. The maximum absolute atomic E-state index is 12.2. The Hall–Kier alpha value is -3.16. The summed E-state index contributed by atoms with van der Waals surface area (Å²) in [4.78, 5) is 30.4. The number of anilines is 1. The highest BCUT2D eigenvalue weighted by Gasteiger charge is 2.26. The number of hydrogen-bond donors (Lipinski definition) is 2.